The van der Waals surface area contributed by atoms with Gasteiger partial charge < -0.3 is 0 Å². The lowest BCUT2D eigenvalue weighted by atomic mass is 10.0. The van der Waals surface area contributed by atoms with E-state index in [0.717, 1.165) is 25.7 Å². The molecule has 0 bridgehead atoms. The molecular weight excluding hydrogens is 500 g/mol. The first-order chi connectivity index (χ1) is 19.0. The minimum absolute atomic E-state index is 0.539. The van der Waals surface area contributed by atoms with Crippen LogP contribution in [0.25, 0.3) is 0 Å². The van der Waals surface area contributed by atoms with Crippen LogP contribution in [-0.4, -0.2) is 18.2 Å². The molecule has 0 aromatic rings. The largest absolute Gasteiger partial charge is 0.285 e. The van der Waals surface area contributed by atoms with Gasteiger partial charge in [-0.1, -0.05) is 206 Å². The average Bonchev–Trinajstić information content (AvgIpc) is 2.91. The van der Waals surface area contributed by atoms with Crippen molar-refractivity contribution in [1.29, 1.82) is 0 Å². The molecule has 0 amide bonds. The van der Waals surface area contributed by atoms with E-state index >= 15 is 0 Å². The highest BCUT2D eigenvalue weighted by molar-refractivity contribution is 7.86. The summed E-state index contributed by atoms with van der Waals surface area (Å²) < 4.78 is 33.2. The summed E-state index contributed by atoms with van der Waals surface area (Å²) in [5.41, 5.74) is 0. The van der Waals surface area contributed by atoms with Crippen LogP contribution in [0.3, 0.4) is 0 Å². The highest BCUT2D eigenvalue weighted by Crippen LogP contribution is 2.20. The maximum atomic E-state index is 11.8. The summed E-state index contributed by atoms with van der Waals surface area (Å²) >= 11 is 0. The third kappa shape index (κ3) is 30.7. The highest BCUT2D eigenvalue weighted by Gasteiger charge is 2.21. The number of rotatable bonds is 33. The Balaban J connectivity index is 3.43. The maximum absolute atomic E-state index is 11.8. The molecule has 3 nitrogen and oxygen atoms in total. The molecule has 0 aliphatic rings. The smallest absolute Gasteiger partial charge is 0.267 e. The molecular formula is C35H72O3S. The fraction of sp³-hybridized carbons (Fsp3) is 1.00. The van der Waals surface area contributed by atoms with Crippen LogP contribution in [0.15, 0.2) is 0 Å². The molecule has 0 saturated heterocycles. The molecule has 0 aromatic heterocycles. The second kappa shape index (κ2) is 30.9. The van der Waals surface area contributed by atoms with Crippen LogP contribution < -0.4 is 0 Å². The van der Waals surface area contributed by atoms with Crippen molar-refractivity contribution in [3.63, 3.8) is 0 Å². The van der Waals surface area contributed by atoms with Gasteiger partial charge in [0.1, 0.15) is 0 Å². The molecule has 0 spiro atoms. The van der Waals surface area contributed by atoms with E-state index in [0.29, 0.717) is 12.8 Å². The first kappa shape index (κ1) is 38.9. The van der Waals surface area contributed by atoms with E-state index in [1.807, 2.05) is 0 Å². The van der Waals surface area contributed by atoms with Gasteiger partial charge in [0, 0.05) is 0 Å². The first-order valence-electron chi connectivity index (χ1n) is 18.0. The monoisotopic (exact) mass is 573 g/mol. The minimum atomic E-state index is -3.90. The van der Waals surface area contributed by atoms with Crippen molar-refractivity contribution >= 4 is 10.1 Å². The summed E-state index contributed by atoms with van der Waals surface area (Å²) in [4.78, 5) is 0. The molecule has 4 heteroatoms. The van der Waals surface area contributed by atoms with Crippen molar-refractivity contribution < 1.29 is 13.0 Å². The fourth-order valence-electron chi connectivity index (χ4n) is 5.93. The molecule has 39 heavy (non-hydrogen) atoms. The molecule has 0 aliphatic carbocycles. The summed E-state index contributed by atoms with van der Waals surface area (Å²) in [6.45, 7) is 4.53. The average molecular weight is 573 g/mol. The Labute approximate surface area is 247 Å². The van der Waals surface area contributed by atoms with Crippen molar-refractivity contribution in [1.82, 2.24) is 0 Å². The Kier molecular flexibility index (Phi) is 30.8. The molecule has 0 saturated carbocycles. The predicted octanol–water partition coefficient (Wildman–Crippen LogP) is 12.8. The third-order valence-corrected chi connectivity index (χ3v) is 9.99. The Morgan fingerprint density at radius 2 is 0.538 bits per heavy atom. The Hall–Kier alpha value is -0.0900. The second-order valence-electron chi connectivity index (χ2n) is 12.6. The molecule has 1 N–H and O–H groups in total. The highest BCUT2D eigenvalue weighted by atomic mass is 32.2. The zero-order valence-electron chi connectivity index (χ0n) is 26.9. The van der Waals surface area contributed by atoms with Gasteiger partial charge in [-0.25, -0.2) is 0 Å². The van der Waals surface area contributed by atoms with Crippen LogP contribution in [0.2, 0.25) is 0 Å². The summed E-state index contributed by atoms with van der Waals surface area (Å²) in [7, 11) is -3.90. The van der Waals surface area contributed by atoms with Crippen molar-refractivity contribution in [3.05, 3.63) is 0 Å². The third-order valence-electron chi connectivity index (χ3n) is 8.68. The standard InChI is InChI=1S/C35H72O3S/c1-3-5-7-9-11-13-14-15-16-17-18-19-20-21-22-23-24-26-28-30-32-34-35(39(36,37)38)33-31-29-27-25-12-10-8-6-4-2/h35H,3-34H2,1-2H3,(H,36,37,38). The molecule has 1 unspecified atom stereocenters. The van der Waals surface area contributed by atoms with Gasteiger partial charge in [-0.05, 0) is 12.8 Å². The van der Waals surface area contributed by atoms with E-state index < -0.39 is 15.4 Å². The quantitative estimate of drug-likeness (QED) is 0.0628. The van der Waals surface area contributed by atoms with Gasteiger partial charge in [0.05, 0.1) is 5.25 Å². The SMILES string of the molecule is CCCCCCCCCCCCCCCCCCCCCCCC(CCCCCCCCCCC)S(=O)(=O)O. The van der Waals surface area contributed by atoms with Crippen LogP contribution in [0.4, 0.5) is 0 Å². The first-order valence-corrected chi connectivity index (χ1v) is 19.5. The van der Waals surface area contributed by atoms with Crippen LogP contribution in [0, 0.1) is 0 Å². The second-order valence-corrected chi connectivity index (χ2v) is 14.3. The lowest BCUT2D eigenvalue weighted by Gasteiger charge is -2.13. The van der Waals surface area contributed by atoms with Crippen LogP contribution in [0.1, 0.15) is 219 Å². The van der Waals surface area contributed by atoms with Gasteiger partial charge in [0.15, 0.2) is 0 Å². The molecule has 0 fully saturated rings. The number of unbranched alkanes of at least 4 members (excludes halogenated alkanes) is 28. The molecule has 0 rings (SSSR count). The van der Waals surface area contributed by atoms with Crippen LogP contribution >= 0.6 is 0 Å². The molecule has 0 heterocycles. The Morgan fingerprint density at radius 3 is 0.718 bits per heavy atom. The maximum Gasteiger partial charge on any atom is 0.267 e. The molecule has 0 radical (unpaired) electrons. The van der Waals surface area contributed by atoms with E-state index in [9.17, 15) is 13.0 Å². The van der Waals surface area contributed by atoms with Crippen molar-refractivity contribution in [2.45, 2.75) is 225 Å². The van der Waals surface area contributed by atoms with Crippen molar-refractivity contribution in [2.24, 2.45) is 0 Å². The van der Waals surface area contributed by atoms with Crippen LogP contribution in [0.5, 0.6) is 0 Å². The topological polar surface area (TPSA) is 54.4 Å². The number of hydrogen-bond acceptors (Lipinski definition) is 2. The molecule has 0 aromatic carbocycles. The molecule has 1 atom stereocenters. The molecule has 0 aliphatic heterocycles. The molecule has 236 valence electrons. The van der Waals surface area contributed by atoms with Crippen molar-refractivity contribution in [2.75, 3.05) is 0 Å². The Bertz CT molecular complexity index is 560. The Morgan fingerprint density at radius 1 is 0.359 bits per heavy atom. The summed E-state index contributed by atoms with van der Waals surface area (Å²) in [6, 6.07) is 0. The van der Waals surface area contributed by atoms with E-state index in [1.54, 1.807) is 0 Å². The van der Waals surface area contributed by atoms with E-state index in [4.69, 9.17) is 0 Å². The van der Waals surface area contributed by atoms with Gasteiger partial charge in [0.25, 0.3) is 10.1 Å². The van der Waals surface area contributed by atoms with Gasteiger partial charge >= 0.3 is 0 Å². The zero-order chi connectivity index (χ0) is 28.7. The van der Waals surface area contributed by atoms with E-state index in [2.05, 4.69) is 13.8 Å². The van der Waals surface area contributed by atoms with Crippen molar-refractivity contribution in [3.8, 4) is 0 Å². The van der Waals surface area contributed by atoms with Gasteiger partial charge in [-0.3, -0.25) is 4.55 Å². The predicted molar refractivity (Wildman–Crippen MR) is 174 cm³/mol. The lowest BCUT2D eigenvalue weighted by Crippen LogP contribution is -2.20. The van der Waals surface area contributed by atoms with E-state index in [1.165, 1.54) is 167 Å². The van der Waals surface area contributed by atoms with Crippen LogP contribution in [-0.2, 0) is 10.1 Å². The summed E-state index contributed by atoms with van der Waals surface area (Å²) in [5.74, 6) is 0. The lowest BCUT2D eigenvalue weighted by molar-refractivity contribution is 0.442. The zero-order valence-corrected chi connectivity index (χ0v) is 27.7. The van der Waals surface area contributed by atoms with E-state index in [-0.39, 0.29) is 0 Å². The minimum Gasteiger partial charge on any atom is -0.285 e. The fourth-order valence-corrected chi connectivity index (χ4v) is 6.86. The van der Waals surface area contributed by atoms with Gasteiger partial charge in [-0.15, -0.1) is 0 Å². The van der Waals surface area contributed by atoms with Gasteiger partial charge in [0.2, 0.25) is 0 Å². The normalized spacial score (nSPS) is 12.8. The number of hydrogen-bond donors (Lipinski definition) is 1. The summed E-state index contributed by atoms with van der Waals surface area (Å²) in [6.07, 6.45) is 40.9. The summed E-state index contributed by atoms with van der Waals surface area (Å²) in [5, 5.41) is -0.539. The van der Waals surface area contributed by atoms with Gasteiger partial charge in [-0.2, -0.15) is 8.42 Å².